The molecule has 3 aliphatic heterocycles. The van der Waals surface area contributed by atoms with Gasteiger partial charge in [-0.2, -0.15) is 0 Å². The van der Waals surface area contributed by atoms with Crippen molar-refractivity contribution in [1.82, 2.24) is 0 Å². The van der Waals surface area contributed by atoms with Crippen LogP contribution in [0.15, 0.2) is 71.2 Å². The van der Waals surface area contributed by atoms with Crippen LogP contribution in [0.25, 0.3) is 28.4 Å². The Bertz CT molecular complexity index is 2310. The van der Waals surface area contributed by atoms with Crippen LogP contribution in [0.1, 0.15) is 12.5 Å². The van der Waals surface area contributed by atoms with Crippen molar-refractivity contribution in [1.29, 1.82) is 0 Å². The maximum atomic E-state index is 12.6. The van der Waals surface area contributed by atoms with Crippen LogP contribution in [-0.2, 0) is 28.5 Å². The Labute approximate surface area is 368 Å². The van der Waals surface area contributed by atoms with Gasteiger partial charge in [0.05, 0.1) is 38.1 Å². The number of aliphatic hydroxyl groups excluding tert-OH is 9. The first-order chi connectivity index (χ1) is 31.0. The summed E-state index contributed by atoms with van der Waals surface area (Å²) in [5.74, 6) is -2.16. The van der Waals surface area contributed by atoms with Gasteiger partial charge in [0.1, 0.15) is 83.7 Å². The molecule has 0 amide bonds. The molecule has 65 heavy (non-hydrogen) atoms. The molecule has 4 aromatic rings. The first-order valence-electron chi connectivity index (χ1n) is 20.1. The Morgan fingerprint density at radius 2 is 1.31 bits per heavy atom. The number of ether oxygens (including phenoxy) is 8. The van der Waals surface area contributed by atoms with Crippen molar-refractivity contribution >= 4 is 23.0 Å². The Kier molecular flexibility index (Phi) is 14.6. The lowest BCUT2D eigenvalue weighted by Gasteiger charge is -2.42. The highest BCUT2D eigenvalue weighted by Gasteiger charge is 2.49. The van der Waals surface area contributed by atoms with E-state index in [1.807, 2.05) is 0 Å². The summed E-state index contributed by atoms with van der Waals surface area (Å²) in [4.78, 5) is 12.6. The molecule has 7 unspecified atom stereocenters. The molecule has 3 aromatic carbocycles. The molecule has 1 aromatic heterocycles. The normalized spacial score (nSPS) is 32.9. The fourth-order valence-corrected chi connectivity index (χ4v) is 7.36. The third kappa shape index (κ3) is 10.2. The molecule has 4 heterocycles. The van der Waals surface area contributed by atoms with Crippen molar-refractivity contribution in [2.75, 3.05) is 20.3 Å². The van der Waals surface area contributed by atoms with Gasteiger partial charge in [-0.15, -0.1) is 0 Å². The average molecular weight is 918 g/mol. The van der Waals surface area contributed by atoms with Gasteiger partial charge >= 0.3 is 17.3 Å². The molecule has 3 fully saturated rings. The van der Waals surface area contributed by atoms with E-state index in [0.29, 0.717) is 5.56 Å². The van der Waals surface area contributed by atoms with Gasteiger partial charge in [-0.1, -0.05) is 12.1 Å². The standard InChI is InChI=1S/C43H48O22/c1-17-39(65-30(48)10-5-18-3-7-20(45)8-4-18)35(53)38(56)41(59-17)58-16-29-32(50)34(52)37(55)43(64-29)62-27-14-22-24(60-40(27)19-6-9-23(47)26(11-19)57-2)12-21(46)13-25(22)61-42-36(54)33(51)31(49)28(15-44)63-42/h3-14,17,28-29,31-39,41-44,49-56H,15-16H2,1-2H3,(H2-,45,46,47,48)/p+1/t17?,28?,29?,31-,32-,33+,34?,35-,36?,37?,38?,39+,41-,42-,43-/m1/s1. The third-order valence-corrected chi connectivity index (χ3v) is 11.0. The molecular formula is C43H49O22+. The number of carbonyl (C=O) groups excluding carboxylic acids is 1. The number of hydrogen-bond donors (Lipinski definition) is 12. The summed E-state index contributed by atoms with van der Waals surface area (Å²) in [5.41, 5.74) is 0.672. The topological polar surface area (TPSA) is 345 Å². The van der Waals surface area contributed by atoms with Gasteiger partial charge in [0.25, 0.3) is 0 Å². The van der Waals surface area contributed by atoms with Crippen LogP contribution in [0, 0.1) is 0 Å². The SMILES string of the molecule is COc1cc(-c2[o+]c3cc(O)cc(O[C@@H]4OC(CO)[C@@H](O)[C@H](O)C4O)c3cc2O[C@@H]2OC(CO[C@@H]3OC(C)[C@H](OC(=O)/C=C/c4ccc(O)cc4)[C@H](O)C3O)[C@@H](O)C(O)C2O)ccc1O. The second kappa shape index (κ2) is 20.0. The molecule has 0 bridgehead atoms. The van der Waals surface area contributed by atoms with Crippen LogP contribution in [-0.4, -0.2) is 180 Å². The molecule has 15 atom stereocenters. The number of aromatic hydroxyl groups is 3. The second-order valence-electron chi connectivity index (χ2n) is 15.5. The predicted octanol–water partition coefficient (Wildman–Crippen LogP) is -1.02. The van der Waals surface area contributed by atoms with E-state index < -0.39 is 117 Å². The highest BCUT2D eigenvalue weighted by atomic mass is 16.7. The van der Waals surface area contributed by atoms with E-state index in [0.717, 1.165) is 12.1 Å². The van der Waals surface area contributed by atoms with Gasteiger partial charge < -0.3 is 99.2 Å². The largest absolute Gasteiger partial charge is 0.508 e. The Morgan fingerprint density at radius 3 is 1.97 bits per heavy atom. The van der Waals surface area contributed by atoms with E-state index in [9.17, 15) is 66.1 Å². The number of rotatable bonds is 13. The monoisotopic (exact) mass is 917 g/mol. The Morgan fingerprint density at radius 1 is 0.677 bits per heavy atom. The van der Waals surface area contributed by atoms with Crippen LogP contribution in [0.3, 0.4) is 0 Å². The Balaban J connectivity index is 1.12. The fraction of sp³-hybridized carbons (Fsp3) is 0.442. The van der Waals surface area contributed by atoms with Crippen molar-refractivity contribution < 1.29 is 108 Å². The molecule has 0 saturated carbocycles. The average Bonchev–Trinajstić information content (AvgIpc) is 3.29. The predicted molar refractivity (Wildman–Crippen MR) is 217 cm³/mol. The smallest absolute Gasteiger partial charge is 0.402 e. The zero-order valence-corrected chi connectivity index (χ0v) is 34.5. The van der Waals surface area contributed by atoms with Crippen molar-refractivity contribution in [2.24, 2.45) is 0 Å². The van der Waals surface area contributed by atoms with E-state index >= 15 is 0 Å². The zero-order valence-electron chi connectivity index (χ0n) is 34.5. The molecule has 352 valence electrons. The number of phenols is 3. The number of hydrogen-bond acceptors (Lipinski definition) is 21. The summed E-state index contributed by atoms with van der Waals surface area (Å²) in [6.45, 7) is 0.0388. The lowest BCUT2D eigenvalue weighted by molar-refractivity contribution is -0.319. The highest BCUT2D eigenvalue weighted by molar-refractivity contribution is 5.89. The van der Waals surface area contributed by atoms with Crippen LogP contribution in [0.4, 0.5) is 0 Å². The molecule has 3 aliphatic rings. The maximum Gasteiger partial charge on any atom is 0.402 e. The molecule has 0 aliphatic carbocycles. The Hall–Kier alpha value is -5.44. The third-order valence-electron chi connectivity index (χ3n) is 11.0. The van der Waals surface area contributed by atoms with Crippen molar-refractivity contribution in [2.45, 2.75) is 99.0 Å². The van der Waals surface area contributed by atoms with Gasteiger partial charge in [0, 0.05) is 24.3 Å². The minimum absolute atomic E-state index is 0.00322. The van der Waals surface area contributed by atoms with E-state index in [1.165, 1.54) is 62.6 Å². The van der Waals surface area contributed by atoms with Crippen LogP contribution < -0.4 is 14.2 Å². The number of phenolic OH excluding ortho intramolecular Hbond substituents is 3. The minimum Gasteiger partial charge on any atom is -0.508 e. The lowest BCUT2D eigenvalue weighted by atomic mass is 9.98. The van der Waals surface area contributed by atoms with Crippen LogP contribution >= 0.6 is 0 Å². The molecule has 0 spiro atoms. The first kappa shape index (κ1) is 47.5. The summed E-state index contributed by atoms with van der Waals surface area (Å²) in [5, 5.41) is 126. The lowest BCUT2D eigenvalue weighted by Crippen LogP contribution is -2.62. The molecule has 7 rings (SSSR count). The second-order valence-corrected chi connectivity index (χ2v) is 15.5. The molecule has 22 heteroatoms. The summed E-state index contributed by atoms with van der Waals surface area (Å²) in [6, 6.07) is 13.5. The van der Waals surface area contributed by atoms with E-state index in [-0.39, 0.29) is 51.0 Å². The number of carbonyl (C=O) groups is 1. The van der Waals surface area contributed by atoms with Gasteiger partial charge in [-0.25, -0.2) is 9.21 Å². The first-order valence-corrected chi connectivity index (χ1v) is 20.1. The quantitative estimate of drug-likeness (QED) is 0.0434. The summed E-state index contributed by atoms with van der Waals surface area (Å²) >= 11 is 0. The molecule has 3 saturated heterocycles. The van der Waals surface area contributed by atoms with Gasteiger partial charge in [-0.05, 0) is 42.8 Å². The summed E-state index contributed by atoms with van der Waals surface area (Å²) in [6.07, 6.45) is -22.5. The maximum absolute atomic E-state index is 12.6. The van der Waals surface area contributed by atoms with E-state index in [1.54, 1.807) is 12.1 Å². The number of benzene rings is 3. The van der Waals surface area contributed by atoms with Crippen LogP contribution in [0.5, 0.6) is 34.5 Å². The van der Waals surface area contributed by atoms with Gasteiger partial charge in [0.15, 0.2) is 23.9 Å². The van der Waals surface area contributed by atoms with Gasteiger partial charge in [-0.3, -0.25) is 0 Å². The zero-order chi connectivity index (χ0) is 46.9. The van der Waals surface area contributed by atoms with E-state index in [2.05, 4.69) is 0 Å². The number of fused-ring (bicyclic) bond motifs is 1. The van der Waals surface area contributed by atoms with E-state index in [4.69, 9.17) is 42.3 Å². The fourth-order valence-electron chi connectivity index (χ4n) is 7.36. The molecule has 12 N–H and O–H groups in total. The molecule has 0 radical (unpaired) electrons. The van der Waals surface area contributed by atoms with Gasteiger partial charge in [0.2, 0.25) is 18.3 Å². The number of aliphatic hydroxyl groups is 9. The number of esters is 1. The minimum atomic E-state index is -1.96. The van der Waals surface area contributed by atoms with Crippen LogP contribution in [0.2, 0.25) is 0 Å². The summed E-state index contributed by atoms with van der Waals surface area (Å²) < 4.78 is 51.6. The summed E-state index contributed by atoms with van der Waals surface area (Å²) in [7, 11) is 1.29. The van der Waals surface area contributed by atoms with Crippen molar-refractivity contribution in [3.8, 4) is 45.8 Å². The number of methoxy groups -OCH3 is 1. The van der Waals surface area contributed by atoms with Crippen molar-refractivity contribution in [3.63, 3.8) is 0 Å². The molecular weight excluding hydrogens is 868 g/mol. The molecule has 22 nitrogen and oxygen atoms in total. The van der Waals surface area contributed by atoms with Crippen molar-refractivity contribution in [3.05, 3.63) is 72.3 Å². The highest BCUT2D eigenvalue weighted by Crippen LogP contribution is 2.43.